The van der Waals surface area contributed by atoms with E-state index in [2.05, 4.69) is 4.98 Å². The zero-order chi connectivity index (χ0) is 12.3. The van der Waals surface area contributed by atoms with Gasteiger partial charge in [0.1, 0.15) is 5.03 Å². The van der Waals surface area contributed by atoms with Crippen LogP contribution in [0.2, 0.25) is 0 Å². The van der Waals surface area contributed by atoms with Crippen LogP contribution in [0.5, 0.6) is 0 Å². The van der Waals surface area contributed by atoms with Gasteiger partial charge >= 0.3 is 0 Å². The average Bonchev–Trinajstić information content (AvgIpc) is 2.32. The Morgan fingerprint density at radius 2 is 2.06 bits per heavy atom. The number of nitrogen functional groups attached to an aromatic ring is 1. The molecule has 1 amide bonds. The van der Waals surface area contributed by atoms with Crippen LogP contribution in [-0.4, -0.2) is 16.1 Å². The van der Waals surface area contributed by atoms with E-state index in [0.29, 0.717) is 16.5 Å². The third-order valence-electron chi connectivity index (χ3n) is 2.97. The Labute approximate surface area is 105 Å². The molecule has 5 heteroatoms. The van der Waals surface area contributed by atoms with Crippen molar-refractivity contribution in [3.8, 4) is 0 Å². The van der Waals surface area contributed by atoms with Crippen LogP contribution in [0.1, 0.15) is 42.5 Å². The highest BCUT2D eigenvalue weighted by molar-refractivity contribution is 7.99. The first kappa shape index (κ1) is 12.2. The summed E-state index contributed by atoms with van der Waals surface area (Å²) in [6.07, 6.45) is 7.80. The second-order valence-electron chi connectivity index (χ2n) is 4.36. The Kier molecular flexibility index (Phi) is 3.89. The number of thioether (sulfide) groups is 1. The third kappa shape index (κ3) is 3.12. The summed E-state index contributed by atoms with van der Waals surface area (Å²) in [5.74, 6) is -0.455. The first-order valence-electron chi connectivity index (χ1n) is 5.89. The molecule has 0 spiro atoms. The lowest BCUT2D eigenvalue weighted by molar-refractivity contribution is 0.0997. The van der Waals surface area contributed by atoms with Gasteiger partial charge in [-0.1, -0.05) is 19.3 Å². The van der Waals surface area contributed by atoms with Gasteiger partial charge in [-0.2, -0.15) is 0 Å². The fourth-order valence-electron chi connectivity index (χ4n) is 2.08. The minimum Gasteiger partial charge on any atom is -0.397 e. The van der Waals surface area contributed by atoms with Crippen LogP contribution in [0, 0.1) is 0 Å². The molecule has 0 bridgehead atoms. The fourth-order valence-corrected chi connectivity index (χ4v) is 3.36. The van der Waals surface area contributed by atoms with Gasteiger partial charge in [0, 0.05) is 5.25 Å². The highest BCUT2D eigenvalue weighted by Crippen LogP contribution is 2.34. The lowest BCUT2D eigenvalue weighted by atomic mass is 10.0. The number of pyridine rings is 1. The number of hydrogen-bond acceptors (Lipinski definition) is 4. The van der Waals surface area contributed by atoms with Gasteiger partial charge < -0.3 is 11.5 Å². The molecule has 1 aromatic rings. The van der Waals surface area contributed by atoms with E-state index in [1.165, 1.54) is 32.1 Å². The number of aromatic nitrogens is 1. The molecule has 4 nitrogen and oxygen atoms in total. The zero-order valence-corrected chi connectivity index (χ0v) is 10.5. The molecule has 2 rings (SSSR count). The Morgan fingerprint density at radius 1 is 1.35 bits per heavy atom. The van der Waals surface area contributed by atoms with Crippen molar-refractivity contribution in [1.82, 2.24) is 4.98 Å². The SMILES string of the molecule is NC(=O)c1cc(N)cnc1SC1CCCCC1. The molecular formula is C12H17N3OS. The molecule has 1 saturated carbocycles. The van der Waals surface area contributed by atoms with Crippen LogP contribution in [-0.2, 0) is 0 Å². The van der Waals surface area contributed by atoms with Crippen molar-refractivity contribution >= 4 is 23.4 Å². The van der Waals surface area contributed by atoms with Crippen LogP contribution in [0.25, 0.3) is 0 Å². The number of carbonyl (C=O) groups excluding carboxylic acids is 1. The molecule has 1 aromatic heterocycles. The summed E-state index contributed by atoms with van der Waals surface area (Å²) in [6.45, 7) is 0. The van der Waals surface area contributed by atoms with Crippen LogP contribution >= 0.6 is 11.8 Å². The lowest BCUT2D eigenvalue weighted by Gasteiger charge is -2.21. The maximum atomic E-state index is 11.3. The molecule has 1 fully saturated rings. The molecule has 0 aliphatic heterocycles. The number of anilines is 1. The molecule has 0 atom stereocenters. The smallest absolute Gasteiger partial charge is 0.251 e. The predicted octanol–water partition coefficient (Wildman–Crippen LogP) is 2.19. The fraction of sp³-hybridized carbons (Fsp3) is 0.500. The molecule has 1 heterocycles. The number of amides is 1. The quantitative estimate of drug-likeness (QED) is 0.862. The van der Waals surface area contributed by atoms with Gasteiger partial charge in [0.25, 0.3) is 5.91 Å². The van der Waals surface area contributed by atoms with Crippen LogP contribution in [0.3, 0.4) is 0 Å². The monoisotopic (exact) mass is 251 g/mol. The largest absolute Gasteiger partial charge is 0.397 e. The number of nitrogens with zero attached hydrogens (tertiary/aromatic N) is 1. The summed E-state index contributed by atoms with van der Waals surface area (Å²) in [4.78, 5) is 15.6. The van der Waals surface area contributed by atoms with Gasteiger partial charge in [0.05, 0.1) is 17.4 Å². The van der Waals surface area contributed by atoms with Crippen molar-refractivity contribution < 1.29 is 4.79 Å². The van der Waals surface area contributed by atoms with Gasteiger partial charge in [0.15, 0.2) is 0 Å². The Hall–Kier alpha value is -1.23. The summed E-state index contributed by atoms with van der Waals surface area (Å²) in [6, 6.07) is 1.61. The van der Waals surface area contributed by atoms with Crippen LogP contribution in [0.4, 0.5) is 5.69 Å². The van der Waals surface area contributed by atoms with E-state index in [9.17, 15) is 4.79 Å². The molecule has 17 heavy (non-hydrogen) atoms. The Balaban J connectivity index is 2.16. The van der Waals surface area contributed by atoms with Gasteiger partial charge in [-0.05, 0) is 18.9 Å². The summed E-state index contributed by atoms with van der Waals surface area (Å²) < 4.78 is 0. The van der Waals surface area contributed by atoms with E-state index in [0.717, 1.165) is 5.03 Å². The molecular weight excluding hydrogens is 234 g/mol. The second kappa shape index (κ2) is 5.40. The second-order valence-corrected chi connectivity index (χ2v) is 5.65. The van der Waals surface area contributed by atoms with Crippen LogP contribution in [0.15, 0.2) is 17.3 Å². The predicted molar refractivity (Wildman–Crippen MR) is 69.9 cm³/mol. The minimum atomic E-state index is -0.455. The number of rotatable bonds is 3. The molecule has 92 valence electrons. The number of nitrogens with two attached hydrogens (primary N) is 2. The first-order valence-corrected chi connectivity index (χ1v) is 6.77. The van der Waals surface area contributed by atoms with E-state index in [1.54, 1.807) is 24.0 Å². The van der Waals surface area contributed by atoms with Gasteiger partial charge in [-0.15, -0.1) is 11.8 Å². The number of carbonyl (C=O) groups is 1. The van der Waals surface area contributed by atoms with Crippen molar-refractivity contribution in [3.63, 3.8) is 0 Å². The summed E-state index contributed by atoms with van der Waals surface area (Å²) in [7, 11) is 0. The molecule has 0 radical (unpaired) electrons. The summed E-state index contributed by atoms with van der Waals surface area (Å²) in [5.41, 5.74) is 11.9. The topological polar surface area (TPSA) is 82.0 Å². The number of primary amides is 1. The lowest BCUT2D eigenvalue weighted by Crippen LogP contribution is -2.15. The number of hydrogen-bond donors (Lipinski definition) is 2. The van der Waals surface area contributed by atoms with E-state index >= 15 is 0 Å². The first-order chi connectivity index (χ1) is 8.16. The van der Waals surface area contributed by atoms with E-state index in [-0.39, 0.29) is 0 Å². The van der Waals surface area contributed by atoms with Gasteiger partial charge in [0.2, 0.25) is 0 Å². The maximum absolute atomic E-state index is 11.3. The van der Waals surface area contributed by atoms with Crippen molar-refractivity contribution in [2.75, 3.05) is 5.73 Å². The summed E-state index contributed by atoms with van der Waals surface area (Å²) >= 11 is 1.66. The molecule has 4 N–H and O–H groups in total. The Morgan fingerprint density at radius 3 is 2.71 bits per heavy atom. The van der Waals surface area contributed by atoms with Crippen molar-refractivity contribution in [2.24, 2.45) is 5.73 Å². The van der Waals surface area contributed by atoms with Crippen molar-refractivity contribution in [2.45, 2.75) is 42.4 Å². The van der Waals surface area contributed by atoms with E-state index in [4.69, 9.17) is 11.5 Å². The minimum absolute atomic E-state index is 0.445. The highest BCUT2D eigenvalue weighted by Gasteiger charge is 2.19. The van der Waals surface area contributed by atoms with Crippen molar-refractivity contribution in [1.29, 1.82) is 0 Å². The standard InChI is InChI=1S/C12H17N3OS/c13-8-6-10(11(14)16)12(15-7-8)17-9-4-2-1-3-5-9/h6-7,9H,1-5,13H2,(H2,14,16). The zero-order valence-electron chi connectivity index (χ0n) is 9.69. The van der Waals surface area contributed by atoms with Gasteiger partial charge in [-0.3, -0.25) is 4.79 Å². The molecule has 1 aliphatic carbocycles. The van der Waals surface area contributed by atoms with E-state index < -0.39 is 5.91 Å². The average molecular weight is 251 g/mol. The summed E-state index contributed by atoms with van der Waals surface area (Å²) in [5, 5.41) is 1.27. The molecule has 0 saturated heterocycles. The van der Waals surface area contributed by atoms with Crippen molar-refractivity contribution in [3.05, 3.63) is 17.8 Å². The molecule has 0 unspecified atom stereocenters. The molecule has 0 aromatic carbocycles. The molecule has 1 aliphatic rings. The normalized spacial score (nSPS) is 16.9. The third-order valence-corrected chi connectivity index (χ3v) is 4.32. The van der Waals surface area contributed by atoms with Gasteiger partial charge in [-0.25, -0.2) is 4.98 Å². The van der Waals surface area contributed by atoms with Crippen LogP contribution < -0.4 is 11.5 Å². The highest BCUT2D eigenvalue weighted by atomic mass is 32.2. The maximum Gasteiger partial charge on any atom is 0.251 e. The Bertz CT molecular complexity index is 416. The van der Waals surface area contributed by atoms with E-state index in [1.807, 2.05) is 0 Å².